The number of carbonyl (C=O) groups excluding carboxylic acids is 1. The van der Waals surface area contributed by atoms with E-state index < -0.39 is 22.5 Å². The standard InChI is InChI=1S/C27H23Cl2FN4O3S/c1-18-14-20(19(2)34(18)22-10-8-21(30)9-11-22)16-31-32-27(35)17-33(23-12-13-25(28)26(29)15-23)38(36,37)24-6-4-3-5-7-24/h3-16H,17H2,1-2H3,(H,32,35)/b31-16-. The van der Waals surface area contributed by atoms with Crippen molar-refractivity contribution < 1.29 is 17.6 Å². The molecular weight excluding hydrogens is 550 g/mol. The van der Waals surface area contributed by atoms with E-state index >= 15 is 0 Å². The van der Waals surface area contributed by atoms with Crippen LogP contribution in [0.4, 0.5) is 10.1 Å². The first-order valence-electron chi connectivity index (χ1n) is 11.4. The van der Waals surface area contributed by atoms with Crippen LogP contribution in [-0.4, -0.2) is 31.7 Å². The Labute approximate surface area is 230 Å². The van der Waals surface area contributed by atoms with Gasteiger partial charge in [-0.2, -0.15) is 5.10 Å². The Bertz CT molecular complexity index is 1610. The van der Waals surface area contributed by atoms with Gasteiger partial charge in [-0.05, 0) is 74.5 Å². The summed E-state index contributed by atoms with van der Waals surface area (Å²) in [5, 5.41) is 4.43. The first-order valence-corrected chi connectivity index (χ1v) is 13.6. The maximum atomic E-state index is 13.4. The highest BCUT2D eigenvalue weighted by atomic mass is 35.5. The molecule has 3 aromatic carbocycles. The Morgan fingerprint density at radius 1 is 1.00 bits per heavy atom. The molecule has 0 fully saturated rings. The third-order valence-corrected chi connectivity index (χ3v) is 8.28. The SMILES string of the molecule is Cc1cc(/C=N\NC(=O)CN(c2ccc(Cl)c(Cl)c2)S(=O)(=O)c2ccccc2)c(C)n1-c1ccc(F)cc1. The molecule has 1 amide bonds. The summed E-state index contributed by atoms with van der Waals surface area (Å²) in [6.45, 7) is 3.22. The van der Waals surface area contributed by atoms with Crippen molar-refractivity contribution in [3.63, 3.8) is 0 Å². The van der Waals surface area contributed by atoms with Crippen molar-refractivity contribution in [1.29, 1.82) is 0 Å². The monoisotopic (exact) mass is 572 g/mol. The Morgan fingerprint density at radius 2 is 1.68 bits per heavy atom. The zero-order valence-corrected chi connectivity index (χ0v) is 22.7. The van der Waals surface area contributed by atoms with E-state index in [9.17, 15) is 17.6 Å². The number of nitrogens with one attached hydrogen (secondary N) is 1. The number of nitrogens with zero attached hydrogens (tertiary/aromatic N) is 3. The zero-order chi connectivity index (χ0) is 27.4. The van der Waals surface area contributed by atoms with E-state index in [0.29, 0.717) is 0 Å². The summed E-state index contributed by atoms with van der Waals surface area (Å²) in [4.78, 5) is 12.8. The molecule has 4 rings (SSSR count). The largest absolute Gasteiger partial charge is 0.318 e. The second-order valence-corrected chi connectivity index (χ2v) is 11.0. The molecule has 1 aromatic heterocycles. The fraction of sp³-hybridized carbons (Fsp3) is 0.111. The predicted octanol–water partition coefficient (Wildman–Crippen LogP) is 5.89. The number of hydrogen-bond acceptors (Lipinski definition) is 4. The minimum Gasteiger partial charge on any atom is -0.318 e. The van der Waals surface area contributed by atoms with Gasteiger partial charge >= 0.3 is 0 Å². The van der Waals surface area contributed by atoms with E-state index in [2.05, 4.69) is 10.5 Å². The quantitative estimate of drug-likeness (QED) is 0.211. The summed E-state index contributed by atoms with van der Waals surface area (Å²) in [7, 11) is -4.11. The van der Waals surface area contributed by atoms with E-state index in [1.54, 1.807) is 30.3 Å². The van der Waals surface area contributed by atoms with Crippen LogP contribution in [0, 0.1) is 19.7 Å². The Morgan fingerprint density at radius 3 is 2.34 bits per heavy atom. The number of halogens is 3. The van der Waals surface area contributed by atoms with Gasteiger partial charge in [0.05, 0.1) is 26.8 Å². The minimum atomic E-state index is -4.11. The molecule has 7 nitrogen and oxygen atoms in total. The molecule has 196 valence electrons. The number of anilines is 1. The van der Waals surface area contributed by atoms with Gasteiger partial charge in [-0.15, -0.1) is 0 Å². The van der Waals surface area contributed by atoms with E-state index in [-0.39, 0.29) is 26.4 Å². The van der Waals surface area contributed by atoms with Crippen LogP contribution in [0.15, 0.2) is 88.9 Å². The molecule has 4 aromatic rings. The fourth-order valence-electron chi connectivity index (χ4n) is 3.92. The molecule has 0 bridgehead atoms. The molecule has 0 aliphatic carbocycles. The first-order chi connectivity index (χ1) is 18.1. The minimum absolute atomic E-state index is 0.00982. The lowest BCUT2D eigenvalue weighted by Crippen LogP contribution is -2.39. The summed E-state index contributed by atoms with van der Waals surface area (Å²) in [5.41, 5.74) is 5.80. The number of sulfonamides is 1. The zero-order valence-electron chi connectivity index (χ0n) is 20.4. The average Bonchev–Trinajstić information content (AvgIpc) is 3.18. The number of hydrogen-bond donors (Lipinski definition) is 1. The van der Waals surface area contributed by atoms with E-state index in [0.717, 1.165) is 26.9 Å². The topological polar surface area (TPSA) is 83.8 Å². The molecule has 0 spiro atoms. The summed E-state index contributed by atoms with van der Waals surface area (Å²) in [6, 6.07) is 20.0. The second-order valence-electron chi connectivity index (χ2n) is 8.35. The van der Waals surface area contributed by atoms with Crippen molar-refractivity contribution in [2.24, 2.45) is 5.10 Å². The summed E-state index contributed by atoms with van der Waals surface area (Å²) >= 11 is 12.1. The van der Waals surface area contributed by atoms with Crippen molar-refractivity contribution >= 4 is 51.0 Å². The number of carbonyl (C=O) groups is 1. The van der Waals surface area contributed by atoms with Gasteiger partial charge in [0, 0.05) is 22.6 Å². The number of aryl methyl sites for hydroxylation is 1. The van der Waals surface area contributed by atoms with Gasteiger partial charge in [0.2, 0.25) is 0 Å². The third kappa shape index (κ3) is 5.91. The third-order valence-electron chi connectivity index (χ3n) is 5.76. The predicted molar refractivity (Wildman–Crippen MR) is 148 cm³/mol. The molecule has 1 heterocycles. The summed E-state index contributed by atoms with van der Waals surface area (Å²) < 4.78 is 43.0. The van der Waals surface area contributed by atoms with Crippen LogP contribution in [0.3, 0.4) is 0 Å². The van der Waals surface area contributed by atoms with Crippen LogP contribution >= 0.6 is 23.2 Å². The molecule has 38 heavy (non-hydrogen) atoms. The van der Waals surface area contributed by atoms with Crippen molar-refractivity contribution in [3.8, 4) is 5.69 Å². The lowest BCUT2D eigenvalue weighted by molar-refractivity contribution is -0.119. The van der Waals surface area contributed by atoms with Crippen LogP contribution in [0.1, 0.15) is 17.0 Å². The fourth-order valence-corrected chi connectivity index (χ4v) is 5.65. The lowest BCUT2D eigenvalue weighted by Gasteiger charge is -2.24. The molecule has 11 heteroatoms. The molecular formula is C27H23Cl2FN4O3S. The van der Waals surface area contributed by atoms with Gasteiger partial charge in [0.1, 0.15) is 12.4 Å². The van der Waals surface area contributed by atoms with Crippen molar-refractivity contribution in [3.05, 3.63) is 112 Å². The van der Waals surface area contributed by atoms with E-state index in [4.69, 9.17) is 23.2 Å². The summed E-state index contributed by atoms with van der Waals surface area (Å²) in [6.07, 6.45) is 1.47. The molecule has 0 radical (unpaired) electrons. The van der Waals surface area contributed by atoms with E-state index in [1.165, 1.54) is 48.7 Å². The Balaban J connectivity index is 1.56. The molecule has 0 saturated carbocycles. The van der Waals surface area contributed by atoms with Crippen LogP contribution in [0.5, 0.6) is 0 Å². The molecule has 1 N–H and O–H groups in total. The highest BCUT2D eigenvalue weighted by molar-refractivity contribution is 7.92. The van der Waals surface area contributed by atoms with Gasteiger partial charge in [-0.3, -0.25) is 9.10 Å². The maximum Gasteiger partial charge on any atom is 0.264 e. The summed E-state index contributed by atoms with van der Waals surface area (Å²) in [5.74, 6) is -0.996. The Hall–Kier alpha value is -3.66. The van der Waals surface area contributed by atoms with Crippen LogP contribution in [0.25, 0.3) is 5.69 Å². The van der Waals surface area contributed by atoms with Gasteiger partial charge in [-0.25, -0.2) is 18.2 Å². The van der Waals surface area contributed by atoms with Crippen LogP contribution in [-0.2, 0) is 14.8 Å². The van der Waals surface area contributed by atoms with Crippen LogP contribution < -0.4 is 9.73 Å². The first kappa shape index (κ1) is 27.4. The molecule has 0 unspecified atom stereocenters. The van der Waals surface area contributed by atoms with Gasteiger partial charge < -0.3 is 4.57 Å². The lowest BCUT2D eigenvalue weighted by atomic mass is 10.2. The molecule has 0 aliphatic heterocycles. The number of aromatic nitrogens is 1. The van der Waals surface area contributed by atoms with Gasteiger partial charge in [0.15, 0.2) is 0 Å². The van der Waals surface area contributed by atoms with E-state index in [1.807, 2.05) is 24.5 Å². The molecule has 0 aliphatic rings. The van der Waals surface area contributed by atoms with Crippen molar-refractivity contribution in [2.75, 3.05) is 10.8 Å². The smallest absolute Gasteiger partial charge is 0.264 e. The normalized spacial score (nSPS) is 11.6. The molecule has 0 saturated heterocycles. The van der Waals surface area contributed by atoms with Crippen molar-refractivity contribution in [2.45, 2.75) is 18.7 Å². The number of rotatable bonds is 8. The Kier molecular flexibility index (Phi) is 8.20. The highest BCUT2D eigenvalue weighted by Crippen LogP contribution is 2.30. The molecule has 0 atom stereocenters. The maximum absolute atomic E-state index is 13.4. The van der Waals surface area contributed by atoms with Crippen molar-refractivity contribution in [1.82, 2.24) is 9.99 Å². The van der Waals surface area contributed by atoms with Gasteiger partial charge in [-0.1, -0.05) is 41.4 Å². The average molecular weight is 573 g/mol. The highest BCUT2D eigenvalue weighted by Gasteiger charge is 2.27. The number of benzene rings is 3. The van der Waals surface area contributed by atoms with Gasteiger partial charge in [0.25, 0.3) is 15.9 Å². The number of hydrazone groups is 1. The number of amides is 1. The second kappa shape index (κ2) is 11.4. The van der Waals surface area contributed by atoms with Crippen LogP contribution in [0.2, 0.25) is 10.0 Å².